The van der Waals surface area contributed by atoms with Crippen LogP contribution < -0.4 is 38.4 Å². The van der Waals surface area contributed by atoms with Gasteiger partial charge in [0.25, 0.3) is 0 Å². The third-order valence-corrected chi connectivity index (χ3v) is 4.76. The number of methoxy groups -OCH3 is 3. The molecule has 0 aliphatic heterocycles. The molecule has 134 valence electrons. The summed E-state index contributed by atoms with van der Waals surface area (Å²) >= 11 is 0. The summed E-state index contributed by atoms with van der Waals surface area (Å²) in [6.07, 6.45) is 0. The maximum atomic E-state index is 12.8. The van der Waals surface area contributed by atoms with Crippen LogP contribution >= 0.6 is 8.58 Å². The van der Waals surface area contributed by atoms with Crippen LogP contribution in [0, 0.1) is 6.92 Å². The fourth-order valence-corrected chi connectivity index (χ4v) is 3.25. The molecule has 0 atom stereocenters. The van der Waals surface area contributed by atoms with Crippen LogP contribution in [0.3, 0.4) is 0 Å². The van der Waals surface area contributed by atoms with Crippen LogP contribution in [0.25, 0.3) is 0 Å². The van der Waals surface area contributed by atoms with Crippen molar-refractivity contribution in [2.75, 3.05) is 34.5 Å². The van der Waals surface area contributed by atoms with Gasteiger partial charge in [0.15, 0.2) is 0 Å². The number of benzene rings is 2. The molecule has 0 aliphatic carbocycles. The summed E-state index contributed by atoms with van der Waals surface area (Å²) in [7, 11) is 5.27. The maximum absolute atomic E-state index is 12.8. The first-order chi connectivity index (χ1) is 12.1. The Bertz CT molecular complexity index is 714. The van der Waals surface area contributed by atoms with E-state index in [0.29, 0.717) is 38.9 Å². The molecule has 0 saturated heterocycles. The van der Waals surface area contributed by atoms with Crippen molar-refractivity contribution < 1.29 is 42.6 Å². The minimum absolute atomic E-state index is 0. The summed E-state index contributed by atoms with van der Waals surface area (Å²) in [4.78, 5) is 12.8. The van der Waals surface area contributed by atoms with Gasteiger partial charge >= 0.3 is 18.9 Å². The molecule has 0 radical (unpaired) electrons. The van der Waals surface area contributed by atoms with E-state index in [0.717, 1.165) is 16.6 Å². The zero-order valence-corrected chi connectivity index (χ0v) is 16.8. The summed E-state index contributed by atoms with van der Waals surface area (Å²) < 4.78 is 21.2. The number of hydrogen-bond acceptors (Lipinski definition) is 5. The summed E-state index contributed by atoms with van der Waals surface area (Å²) in [6.45, 7) is 2.98. The minimum Gasteiger partial charge on any atom is -0.496 e. The van der Waals surface area contributed by atoms with E-state index in [-0.39, 0.29) is 24.4 Å². The predicted octanol–water partition coefficient (Wildman–Crippen LogP) is 0.453. The number of aryl methyl sites for hydroxylation is 1. The van der Waals surface area contributed by atoms with E-state index < -0.39 is 0 Å². The molecule has 0 aromatic heterocycles. The minimum atomic E-state index is -0.0783. The Morgan fingerprint density at radius 1 is 1.00 bits per heavy atom. The average Bonchev–Trinajstić information content (AvgIpc) is 2.63. The van der Waals surface area contributed by atoms with E-state index >= 15 is 0 Å². The van der Waals surface area contributed by atoms with Crippen LogP contribution in [0.1, 0.15) is 15.9 Å². The second-order valence-electron chi connectivity index (χ2n) is 5.24. The number of rotatable bonds is 9. The summed E-state index contributed by atoms with van der Waals surface area (Å²) in [5, 5.41) is 0.914. The van der Waals surface area contributed by atoms with E-state index in [1.807, 2.05) is 25.1 Å². The first kappa shape index (κ1) is 22.5. The first-order valence-electron chi connectivity index (χ1n) is 7.80. The maximum Gasteiger partial charge on any atom is 1.00 e. The molecule has 7 heteroatoms. The summed E-state index contributed by atoms with van der Waals surface area (Å²) in [5.74, 6) is 1.78. The Morgan fingerprint density at radius 2 is 1.65 bits per heavy atom. The Morgan fingerprint density at radius 3 is 2.19 bits per heavy atom. The predicted molar refractivity (Wildman–Crippen MR) is 99.0 cm³/mol. The van der Waals surface area contributed by atoms with Crippen molar-refractivity contribution in [2.45, 2.75) is 6.92 Å². The smallest absolute Gasteiger partial charge is 0.496 e. The molecule has 0 bridgehead atoms. The van der Waals surface area contributed by atoms with Crippen molar-refractivity contribution in [1.82, 2.24) is 0 Å². The van der Waals surface area contributed by atoms with E-state index in [1.54, 1.807) is 39.5 Å². The molecule has 5 nitrogen and oxygen atoms in total. The molecule has 0 fully saturated rings. The van der Waals surface area contributed by atoms with Gasteiger partial charge < -0.3 is 32.3 Å². The van der Waals surface area contributed by atoms with Gasteiger partial charge in [-0.15, -0.1) is 0 Å². The third kappa shape index (κ3) is 5.76. The van der Waals surface area contributed by atoms with Gasteiger partial charge in [-0.1, -0.05) is 17.7 Å². The molecule has 26 heavy (non-hydrogen) atoms. The number of carbonyl (C=O) groups is 1. The Kier molecular flexibility index (Phi) is 9.76. The van der Waals surface area contributed by atoms with Crippen molar-refractivity contribution in [3.05, 3.63) is 47.5 Å². The number of carbonyl (C=O) groups excluding carboxylic acids is 1. The zero-order chi connectivity index (χ0) is 18.2. The fourth-order valence-electron chi connectivity index (χ4n) is 2.31. The van der Waals surface area contributed by atoms with Crippen LogP contribution in [-0.4, -0.2) is 40.1 Å². The molecule has 0 amide bonds. The molecular formula is C19H22LiO5P. The van der Waals surface area contributed by atoms with E-state index in [1.165, 1.54) is 0 Å². The topological polar surface area (TPSA) is 54.0 Å². The molecule has 2 aromatic rings. The monoisotopic (exact) mass is 368 g/mol. The SMILES string of the molecule is COCCOc1ccc([P-]C(=O)c2c(OC)cccc2OC)c(C)c1.[Li+]. The molecule has 0 spiro atoms. The van der Waals surface area contributed by atoms with Gasteiger partial charge in [0.1, 0.15) is 23.9 Å². The largest absolute Gasteiger partial charge is 1.00 e. The van der Waals surface area contributed by atoms with Gasteiger partial charge in [-0.05, 0) is 31.2 Å². The van der Waals surface area contributed by atoms with Crippen molar-refractivity contribution in [3.63, 3.8) is 0 Å². The van der Waals surface area contributed by atoms with Gasteiger partial charge in [0.05, 0.1) is 26.4 Å². The van der Waals surface area contributed by atoms with Crippen molar-refractivity contribution in [1.29, 1.82) is 0 Å². The summed E-state index contributed by atoms with van der Waals surface area (Å²) in [5.41, 5.74) is 1.36. The molecule has 2 aromatic carbocycles. The van der Waals surface area contributed by atoms with Gasteiger partial charge in [0, 0.05) is 12.6 Å². The Hall–Kier alpha value is -1.50. The number of ether oxygens (including phenoxy) is 4. The van der Waals surface area contributed by atoms with Crippen molar-refractivity contribution in [2.24, 2.45) is 0 Å². The van der Waals surface area contributed by atoms with Crippen LogP contribution in [-0.2, 0) is 4.74 Å². The second-order valence-corrected chi connectivity index (χ2v) is 6.36. The van der Waals surface area contributed by atoms with Gasteiger partial charge in [-0.2, -0.15) is 5.30 Å². The average molecular weight is 368 g/mol. The van der Waals surface area contributed by atoms with Gasteiger partial charge in [-0.3, -0.25) is 0 Å². The van der Waals surface area contributed by atoms with Gasteiger partial charge in [-0.25, -0.2) is 0 Å². The quantitative estimate of drug-likeness (QED) is 0.366. The van der Waals surface area contributed by atoms with Crippen molar-refractivity contribution in [3.8, 4) is 17.2 Å². The fraction of sp³-hybridized carbons (Fsp3) is 0.316. The molecule has 0 saturated carbocycles. The standard InChI is InChI=1S/C19H22O5P.Li/c1-13-12-14(24-11-10-21-2)8-9-17(13)25-19(20)18-15(22-3)6-5-7-16(18)23-4;/h5-9,12H,10-11H2,1-4H3;/q-1;+1. The summed E-state index contributed by atoms with van der Waals surface area (Å²) in [6, 6.07) is 11.0. The third-order valence-electron chi connectivity index (χ3n) is 3.59. The van der Waals surface area contributed by atoms with Crippen LogP contribution in [0.4, 0.5) is 0 Å². The molecule has 2 rings (SSSR count). The normalized spacial score (nSPS) is 10.5. The van der Waals surface area contributed by atoms with E-state index in [4.69, 9.17) is 18.9 Å². The van der Waals surface area contributed by atoms with E-state index in [9.17, 15) is 4.79 Å². The Labute approximate surface area is 168 Å². The molecule has 0 N–H and O–H groups in total. The number of hydrogen-bond donors (Lipinski definition) is 0. The molecule has 0 heterocycles. The zero-order valence-electron chi connectivity index (χ0n) is 15.9. The molecular weight excluding hydrogens is 346 g/mol. The second kappa shape index (κ2) is 11.3. The van der Waals surface area contributed by atoms with Crippen molar-refractivity contribution >= 4 is 19.4 Å². The van der Waals surface area contributed by atoms with Crippen LogP contribution in [0.2, 0.25) is 0 Å². The van der Waals surface area contributed by atoms with E-state index in [2.05, 4.69) is 0 Å². The van der Waals surface area contributed by atoms with Crippen LogP contribution in [0.5, 0.6) is 17.2 Å². The van der Waals surface area contributed by atoms with Crippen LogP contribution in [0.15, 0.2) is 36.4 Å². The molecule has 0 unspecified atom stereocenters. The Balaban J connectivity index is 0.00000338. The first-order valence-corrected chi connectivity index (χ1v) is 8.69. The van der Waals surface area contributed by atoms with Gasteiger partial charge in [0.2, 0.25) is 0 Å². The molecule has 0 aliphatic rings.